The van der Waals surface area contributed by atoms with Gasteiger partial charge in [-0.25, -0.2) is 5.43 Å². The summed E-state index contributed by atoms with van der Waals surface area (Å²) < 4.78 is 16.0. The highest BCUT2D eigenvalue weighted by Crippen LogP contribution is 2.38. The van der Waals surface area contributed by atoms with E-state index in [0.29, 0.717) is 34.9 Å². The van der Waals surface area contributed by atoms with Crippen LogP contribution in [-0.4, -0.2) is 67.5 Å². The molecule has 0 spiro atoms. The molecule has 2 aliphatic rings. The Morgan fingerprint density at radius 3 is 1.86 bits per heavy atom. The second kappa shape index (κ2) is 11.7. The third-order valence-electron chi connectivity index (χ3n) is 6.00. The van der Waals surface area contributed by atoms with E-state index in [1.165, 1.54) is 34.0 Å². The number of piperidine rings is 2. The van der Waals surface area contributed by atoms with Crippen molar-refractivity contribution in [3.8, 4) is 17.2 Å². The summed E-state index contributed by atoms with van der Waals surface area (Å²) in [5.74, 6) is 2.25. The van der Waals surface area contributed by atoms with Crippen LogP contribution in [0.3, 0.4) is 0 Å². The highest BCUT2D eigenvalue weighted by molar-refractivity contribution is 5.83. The van der Waals surface area contributed by atoms with E-state index in [2.05, 4.69) is 30.3 Å². The normalized spacial score (nSPS) is 16.3. The zero-order valence-electron chi connectivity index (χ0n) is 20.6. The molecule has 3 heterocycles. The number of nitrogens with one attached hydrogen (secondary N) is 1. The van der Waals surface area contributed by atoms with Crippen LogP contribution >= 0.6 is 0 Å². The molecule has 1 aromatic heterocycles. The number of anilines is 3. The van der Waals surface area contributed by atoms with Crippen molar-refractivity contribution < 1.29 is 19.0 Å². The van der Waals surface area contributed by atoms with Crippen LogP contribution in [0.25, 0.3) is 0 Å². The van der Waals surface area contributed by atoms with Crippen LogP contribution in [0.1, 0.15) is 51.0 Å². The van der Waals surface area contributed by atoms with Crippen molar-refractivity contribution in [1.82, 2.24) is 15.0 Å². The van der Waals surface area contributed by atoms with Gasteiger partial charge in [0.15, 0.2) is 11.5 Å². The second-order valence-electron chi connectivity index (χ2n) is 8.57. The highest BCUT2D eigenvalue weighted by Gasteiger charge is 2.20. The number of nitrogens with zero attached hydrogens (tertiary/aromatic N) is 6. The molecule has 1 aromatic carbocycles. The number of benzene rings is 1. The summed E-state index contributed by atoms with van der Waals surface area (Å²) in [6, 6.07) is 3.41. The summed E-state index contributed by atoms with van der Waals surface area (Å²) in [4.78, 5) is 30.0. The Hall–Kier alpha value is -3.63. The van der Waals surface area contributed by atoms with Gasteiger partial charge in [0.25, 0.3) is 0 Å². The number of hydrogen-bond acceptors (Lipinski definition) is 11. The molecule has 35 heavy (non-hydrogen) atoms. The zero-order valence-corrected chi connectivity index (χ0v) is 20.6. The van der Waals surface area contributed by atoms with E-state index < -0.39 is 5.97 Å². The number of hydrogen-bond donors (Lipinski definition) is 1. The van der Waals surface area contributed by atoms with Gasteiger partial charge in [0, 0.05) is 38.7 Å². The fourth-order valence-electron chi connectivity index (χ4n) is 4.26. The summed E-state index contributed by atoms with van der Waals surface area (Å²) in [5.41, 5.74) is 3.64. The van der Waals surface area contributed by atoms with E-state index in [1.54, 1.807) is 18.3 Å². The van der Waals surface area contributed by atoms with Crippen LogP contribution in [0.4, 0.5) is 17.8 Å². The number of carbonyl (C=O) groups excluding carboxylic acids is 1. The van der Waals surface area contributed by atoms with Gasteiger partial charge in [-0.1, -0.05) is 0 Å². The van der Waals surface area contributed by atoms with Gasteiger partial charge in [0.2, 0.25) is 23.6 Å². The minimum absolute atomic E-state index is 0.224. The van der Waals surface area contributed by atoms with Crippen LogP contribution in [0.5, 0.6) is 17.2 Å². The molecular formula is C24H33N7O4. The van der Waals surface area contributed by atoms with E-state index in [4.69, 9.17) is 19.2 Å². The molecule has 4 rings (SSSR count). The number of carbonyl (C=O) groups is 1. The average Bonchev–Trinajstić information content (AvgIpc) is 2.89. The minimum atomic E-state index is -0.464. The van der Waals surface area contributed by atoms with E-state index in [-0.39, 0.29) is 5.75 Å². The van der Waals surface area contributed by atoms with E-state index in [1.807, 2.05) is 0 Å². The summed E-state index contributed by atoms with van der Waals surface area (Å²) in [7, 11) is 2.99. The monoisotopic (exact) mass is 483 g/mol. The maximum atomic E-state index is 11.5. The first-order valence-corrected chi connectivity index (χ1v) is 12.1. The number of ether oxygens (including phenoxy) is 3. The summed E-state index contributed by atoms with van der Waals surface area (Å²) in [6.45, 7) is 5.10. The van der Waals surface area contributed by atoms with Gasteiger partial charge in [0.1, 0.15) is 0 Å². The zero-order chi connectivity index (χ0) is 24.6. The van der Waals surface area contributed by atoms with Crippen LogP contribution in [0.2, 0.25) is 0 Å². The predicted octanol–water partition coefficient (Wildman–Crippen LogP) is 3.24. The molecule has 2 aliphatic heterocycles. The number of aromatic nitrogens is 3. The van der Waals surface area contributed by atoms with Crippen molar-refractivity contribution in [2.24, 2.45) is 5.10 Å². The predicted molar refractivity (Wildman–Crippen MR) is 134 cm³/mol. The Bertz CT molecular complexity index is 989. The number of methoxy groups -OCH3 is 2. The first-order chi connectivity index (χ1) is 17.1. The van der Waals surface area contributed by atoms with E-state index in [0.717, 1.165) is 51.9 Å². The van der Waals surface area contributed by atoms with Crippen molar-refractivity contribution in [2.75, 3.05) is 55.6 Å². The number of hydrazone groups is 1. The molecule has 0 bridgehead atoms. The van der Waals surface area contributed by atoms with Crippen LogP contribution < -0.4 is 29.4 Å². The van der Waals surface area contributed by atoms with E-state index >= 15 is 0 Å². The van der Waals surface area contributed by atoms with Crippen LogP contribution in [0.15, 0.2) is 17.2 Å². The summed E-state index contributed by atoms with van der Waals surface area (Å²) in [6.07, 6.45) is 8.63. The summed E-state index contributed by atoms with van der Waals surface area (Å²) in [5, 5.41) is 4.34. The maximum absolute atomic E-state index is 11.5. The topological polar surface area (TPSA) is 114 Å². The molecule has 11 nitrogen and oxygen atoms in total. The standard InChI is InChI=1S/C24H33N7O4/c1-17(32)35-21-19(33-2)14-18(15-20(21)34-3)16-25-29-22-26-23(30-10-6-4-7-11-30)28-24(27-22)31-12-8-5-9-13-31/h14-16H,4-13H2,1-3H3,(H,26,27,28,29)/b25-16+. The largest absolute Gasteiger partial charge is 0.493 e. The van der Waals surface area contributed by atoms with Crippen molar-refractivity contribution >= 4 is 30.0 Å². The lowest BCUT2D eigenvalue weighted by molar-refractivity contribution is -0.132. The lowest BCUT2D eigenvalue weighted by atomic mass is 10.1. The van der Waals surface area contributed by atoms with Crippen molar-refractivity contribution in [1.29, 1.82) is 0 Å². The molecule has 188 valence electrons. The Labute approximate surface area is 205 Å². The molecule has 0 aliphatic carbocycles. The van der Waals surface area contributed by atoms with Gasteiger partial charge in [0.05, 0.1) is 20.4 Å². The van der Waals surface area contributed by atoms with Gasteiger partial charge >= 0.3 is 5.97 Å². The van der Waals surface area contributed by atoms with Crippen molar-refractivity contribution in [2.45, 2.75) is 45.4 Å². The molecule has 2 saturated heterocycles. The molecule has 0 atom stereocenters. The number of rotatable bonds is 8. The molecular weight excluding hydrogens is 450 g/mol. The second-order valence-corrected chi connectivity index (χ2v) is 8.57. The third kappa shape index (κ3) is 6.28. The van der Waals surface area contributed by atoms with Gasteiger partial charge in [-0.15, -0.1) is 0 Å². The maximum Gasteiger partial charge on any atom is 0.308 e. The number of esters is 1. The Morgan fingerprint density at radius 2 is 1.40 bits per heavy atom. The Morgan fingerprint density at radius 1 is 0.886 bits per heavy atom. The molecule has 0 saturated carbocycles. The lowest BCUT2D eigenvalue weighted by Crippen LogP contribution is -2.34. The lowest BCUT2D eigenvalue weighted by Gasteiger charge is -2.30. The van der Waals surface area contributed by atoms with Crippen molar-refractivity contribution in [3.05, 3.63) is 17.7 Å². The first kappa shape index (κ1) is 24.5. The van der Waals surface area contributed by atoms with E-state index in [9.17, 15) is 4.79 Å². The molecule has 2 aromatic rings. The molecule has 2 fully saturated rings. The Balaban J connectivity index is 1.57. The Kier molecular flexibility index (Phi) is 8.17. The van der Waals surface area contributed by atoms with Gasteiger partial charge in [-0.3, -0.25) is 4.79 Å². The molecule has 0 radical (unpaired) electrons. The fourth-order valence-corrected chi connectivity index (χ4v) is 4.26. The van der Waals surface area contributed by atoms with Crippen LogP contribution in [0, 0.1) is 0 Å². The fraction of sp³-hybridized carbons (Fsp3) is 0.542. The van der Waals surface area contributed by atoms with Gasteiger partial charge in [-0.05, 0) is 50.7 Å². The van der Waals surface area contributed by atoms with Gasteiger partial charge < -0.3 is 24.0 Å². The SMILES string of the molecule is COc1cc(/C=N/Nc2nc(N3CCCCC3)nc(N3CCCCC3)n2)cc(OC)c1OC(C)=O. The first-order valence-electron chi connectivity index (χ1n) is 12.1. The van der Waals surface area contributed by atoms with Crippen LogP contribution in [-0.2, 0) is 4.79 Å². The minimum Gasteiger partial charge on any atom is -0.493 e. The summed E-state index contributed by atoms with van der Waals surface area (Å²) >= 11 is 0. The average molecular weight is 484 g/mol. The van der Waals surface area contributed by atoms with Crippen molar-refractivity contribution in [3.63, 3.8) is 0 Å². The molecule has 0 unspecified atom stereocenters. The highest BCUT2D eigenvalue weighted by atomic mass is 16.6. The molecule has 0 amide bonds. The third-order valence-corrected chi connectivity index (χ3v) is 6.00. The van der Waals surface area contributed by atoms with Gasteiger partial charge in [-0.2, -0.15) is 20.1 Å². The quantitative estimate of drug-likeness (QED) is 0.260. The molecule has 11 heteroatoms. The molecule has 1 N–H and O–H groups in total. The smallest absolute Gasteiger partial charge is 0.308 e.